The molecular weight excluding hydrogens is 282 g/mol. The summed E-state index contributed by atoms with van der Waals surface area (Å²) in [4.78, 5) is 29.3. The van der Waals surface area contributed by atoms with Crippen molar-refractivity contribution in [3.63, 3.8) is 0 Å². The van der Waals surface area contributed by atoms with E-state index >= 15 is 0 Å². The van der Waals surface area contributed by atoms with Crippen LogP contribution in [0.3, 0.4) is 0 Å². The van der Waals surface area contributed by atoms with E-state index in [1.807, 2.05) is 18.2 Å². The number of aliphatic hydroxyl groups excluding tert-OH is 1. The number of nitrogens with one attached hydrogen (secondary N) is 1. The fourth-order valence-corrected chi connectivity index (χ4v) is 2.78. The lowest BCUT2D eigenvalue weighted by atomic mass is 9.94. The first-order valence-corrected chi connectivity index (χ1v) is 7.69. The maximum atomic E-state index is 11.6. The summed E-state index contributed by atoms with van der Waals surface area (Å²) >= 11 is 0. The fraction of sp³-hybridized carbons (Fsp3) is 0.562. The number of aryl methyl sites for hydroxylation is 1. The molecule has 1 aromatic heterocycles. The molecule has 2 rings (SSSR count). The Labute approximate surface area is 130 Å². The normalized spacial score (nSPS) is 18.1. The Hall–Kier alpha value is -1.95. The van der Waals surface area contributed by atoms with Crippen LogP contribution in [0, 0.1) is 0 Å². The molecule has 0 aliphatic carbocycles. The van der Waals surface area contributed by atoms with Gasteiger partial charge in [-0.1, -0.05) is 6.07 Å². The van der Waals surface area contributed by atoms with Crippen LogP contribution in [0.4, 0.5) is 0 Å². The lowest BCUT2D eigenvalue weighted by Crippen LogP contribution is -2.40. The highest BCUT2D eigenvalue weighted by molar-refractivity contribution is 5.77. The number of pyridine rings is 1. The highest BCUT2D eigenvalue weighted by Gasteiger charge is 2.25. The number of amides is 2. The van der Waals surface area contributed by atoms with Gasteiger partial charge in [-0.25, -0.2) is 0 Å². The maximum absolute atomic E-state index is 11.6. The number of carbonyl (C=O) groups excluding carboxylic acids is 2. The second-order valence-corrected chi connectivity index (χ2v) is 5.56. The molecule has 120 valence electrons. The summed E-state index contributed by atoms with van der Waals surface area (Å²) in [6.45, 7) is 0.865. The lowest BCUT2D eigenvalue weighted by Gasteiger charge is -2.32. The molecule has 22 heavy (non-hydrogen) atoms. The van der Waals surface area contributed by atoms with Crippen molar-refractivity contribution in [3.8, 4) is 0 Å². The third-order valence-corrected chi connectivity index (χ3v) is 4.04. The van der Waals surface area contributed by atoms with Crippen molar-refractivity contribution >= 4 is 11.8 Å². The van der Waals surface area contributed by atoms with E-state index < -0.39 is 6.61 Å². The molecule has 2 heterocycles. The summed E-state index contributed by atoms with van der Waals surface area (Å²) in [7, 11) is 1.63. The molecule has 2 amide bonds. The zero-order chi connectivity index (χ0) is 15.9. The van der Waals surface area contributed by atoms with Gasteiger partial charge in [0.15, 0.2) is 0 Å². The molecule has 0 aromatic carbocycles. The van der Waals surface area contributed by atoms with Crippen molar-refractivity contribution in [1.29, 1.82) is 0 Å². The van der Waals surface area contributed by atoms with E-state index in [0.29, 0.717) is 25.9 Å². The largest absolute Gasteiger partial charge is 0.387 e. The molecule has 1 aliphatic heterocycles. The molecule has 1 aliphatic rings. The summed E-state index contributed by atoms with van der Waals surface area (Å²) in [6, 6.07) is 5.85. The Bertz CT molecular complexity index is 533. The molecule has 0 radical (unpaired) electrons. The molecule has 1 atom stereocenters. The van der Waals surface area contributed by atoms with E-state index in [0.717, 1.165) is 24.2 Å². The highest BCUT2D eigenvalue weighted by Crippen LogP contribution is 2.25. The van der Waals surface area contributed by atoms with Crippen molar-refractivity contribution in [2.75, 3.05) is 26.7 Å². The maximum Gasteiger partial charge on any atom is 0.248 e. The Morgan fingerprint density at radius 2 is 2.27 bits per heavy atom. The van der Waals surface area contributed by atoms with Crippen molar-refractivity contribution in [1.82, 2.24) is 15.2 Å². The van der Waals surface area contributed by atoms with Crippen LogP contribution in [0.5, 0.6) is 0 Å². The zero-order valence-electron chi connectivity index (χ0n) is 12.9. The molecule has 1 unspecified atom stereocenters. The Morgan fingerprint density at radius 3 is 3.00 bits per heavy atom. The van der Waals surface area contributed by atoms with Crippen molar-refractivity contribution in [3.05, 3.63) is 29.6 Å². The van der Waals surface area contributed by atoms with E-state index in [1.165, 1.54) is 0 Å². The van der Waals surface area contributed by atoms with E-state index in [1.54, 1.807) is 11.9 Å². The molecular formula is C16H23N3O3. The van der Waals surface area contributed by atoms with Gasteiger partial charge in [0.2, 0.25) is 11.8 Å². The van der Waals surface area contributed by atoms with Gasteiger partial charge in [0.25, 0.3) is 0 Å². The molecule has 6 nitrogen and oxygen atoms in total. The van der Waals surface area contributed by atoms with Crippen LogP contribution < -0.4 is 5.32 Å². The van der Waals surface area contributed by atoms with Gasteiger partial charge in [-0.15, -0.1) is 0 Å². The quantitative estimate of drug-likeness (QED) is 0.828. The van der Waals surface area contributed by atoms with Gasteiger partial charge in [0.1, 0.15) is 6.61 Å². The molecule has 0 spiro atoms. The molecule has 2 N–H and O–H groups in total. The summed E-state index contributed by atoms with van der Waals surface area (Å²) in [6.07, 6.45) is 2.94. The average molecular weight is 305 g/mol. The summed E-state index contributed by atoms with van der Waals surface area (Å²) in [5.74, 6) is -0.0192. The van der Waals surface area contributed by atoms with Crippen molar-refractivity contribution < 1.29 is 14.7 Å². The first kappa shape index (κ1) is 16.4. The van der Waals surface area contributed by atoms with Crippen LogP contribution in [-0.2, 0) is 16.0 Å². The number of piperidine rings is 1. The average Bonchev–Trinajstić information content (AvgIpc) is 2.59. The van der Waals surface area contributed by atoms with Crippen LogP contribution >= 0.6 is 0 Å². The topological polar surface area (TPSA) is 82.5 Å². The number of hydrogen-bond donors (Lipinski definition) is 2. The van der Waals surface area contributed by atoms with E-state index in [4.69, 9.17) is 5.11 Å². The van der Waals surface area contributed by atoms with E-state index in [-0.39, 0.29) is 17.7 Å². The minimum atomic E-state index is -0.438. The summed E-state index contributed by atoms with van der Waals surface area (Å²) in [5, 5.41) is 11.6. The monoisotopic (exact) mass is 305 g/mol. The predicted molar refractivity (Wildman–Crippen MR) is 82.3 cm³/mol. The Morgan fingerprint density at radius 1 is 1.45 bits per heavy atom. The van der Waals surface area contributed by atoms with Gasteiger partial charge in [-0.05, 0) is 31.4 Å². The highest BCUT2D eigenvalue weighted by atomic mass is 16.3. The van der Waals surface area contributed by atoms with Gasteiger partial charge >= 0.3 is 0 Å². The van der Waals surface area contributed by atoms with Gasteiger partial charge < -0.3 is 15.3 Å². The van der Waals surface area contributed by atoms with Crippen LogP contribution in [-0.4, -0.2) is 53.5 Å². The van der Waals surface area contributed by atoms with Gasteiger partial charge in [0, 0.05) is 43.9 Å². The van der Waals surface area contributed by atoms with E-state index in [9.17, 15) is 9.59 Å². The first-order valence-electron chi connectivity index (χ1n) is 7.69. The van der Waals surface area contributed by atoms with Gasteiger partial charge in [0.05, 0.1) is 0 Å². The van der Waals surface area contributed by atoms with Crippen LogP contribution in [0.15, 0.2) is 18.2 Å². The minimum absolute atomic E-state index is 0.00425. The molecule has 1 saturated heterocycles. The number of likely N-dealkylation sites (tertiary alicyclic amines) is 1. The number of rotatable bonds is 5. The van der Waals surface area contributed by atoms with E-state index in [2.05, 4.69) is 10.3 Å². The SMILES string of the molecule is CNC(=O)CCc1cccc(C2CCCN(C(=O)CO)C2)n1. The Balaban J connectivity index is 2.02. The minimum Gasteiger partial charge on any atom is -0.387 e. The van der Waals surface area contributed by atoms with Crippen LogP contribution in [0.1, 0.15) is 36.6 Å². The molecule has 0 bridgehead atoms. The molecule has 6 heteroatoms. The number of aliphatic hydroxyl groups is 1. The second-order valence-electron chi connectivity index (χ2n) is 5.56. The molecule has 1 fully saturated rings. The molecule has 1 aromatic rings. The number of carbonyl (C=O) groups is 2. The van der Waals surface area contributed by atoms with Crippen molar-refractivity contribution in [2.45, 2.75) is 31.6 Å². The third kappa shape index (κ3) is 4.27. The predicted octanol–water partition coefficient (Wildman–Crippen LogP) is 0.459. The number of hydrogen-bond acceptors (Lipinski definition) is 4. The smallest absolute Gasteiger partial charge is 0.248 e. The van der Waals surface area contributed by atoms with Gasteiger partial charge in [-0.2, -0.15) is 0 Å². The summed E-state index contributed by atoms with van der Waals surface area (Å²) in [5.41, 5.74) is 1.86. The van der Waals surface area contributed by atoms with Crippen LogP contribution in [0.25, 0.3) is 0 Å². The van der Waals surface area contributed by atoms with Gasteiger partial charge in [-0.3, -0.25) is 14.6 Å². The Kier molecular flexibility index (Phi) is 5.89. The fourth-order valence-electron chi connectivity index (χ4n) is 2.78. The zero-order valence-corrected chi connectivity index (χ0v) is 12.9. The van der Waals surface area contributed by atoms with Crippen LogP contribution in [0.2, 0.25) is 0 Å². The standard InChI is InChI=1S/C16H23N3O3/c1-17-15(21)8-7-13-5-2-6-14(18-13)12-4-3-9-19(10-12)16(22)11-20/h2,5-6,12,20H,3-4,7-11H2,1H3,(H,17,21). The van der Waals surface area contributed by atoms with Crippen molar-refractivity contribution in [2.24, 2.45) is 0 Å². The second kappa shape index (κ2) is 7.89. The first-order chi connectivity index (χ1) is 10.6. The molecule has 0 saturated carbocycles. The summed E-state index contributed by atoms with van der Waals surface area (Å²) < 4.78 is 0. The lowest BCUT2D eigenvalue weighted by molar-refractivity contribution is -0.135. The third-order valence-electron chi connectivity index (χ3n) is 4.04. The number of nitrogens with zero attached hydrogens (tertiary/aromatic N) is 2. The number of aromatic nitrogens is 1.